The van der Waals surface area contributed by atoms with Gasteiger partial charge in [0, 0.05) is 10.7 Å². The van der Waals surface area contributed by atoms with E-state index in [-0.39, 0.29) is 21.8 Å². The highest BCUT2D eigenvalue weighted by molar-refractivity contribution is 6.30. The van der Waals surface area contributed by atoms with Crippen LogP contribution in [0, 0.1) is 17.1 Å². The van der Waals surface area contributed by atoms with Gasteiger partial charge in [0.25, 0.3) is 5.91 Å². The second kappa shape index (κ2) is 5.59. The number of nitriles is 1. The molecule has 0 fully saturated rings. The summed E-state index contributed by atoms with van der Waals surface area (Å²) in [6, 6.07) is 10.1. The largest absolute Gasteiger partial charge is 0.399 e. The number of benzene rings is 2. The number of nitrogens with one attached hydrogen (secondary N) is 1. The average molecular weight is 290 g/mol. The normalized spacial score (nSPS) is 9.85. The molecule has 2 aromatic rings. The molecule has 100 valence electrons. The van der Waals surface area contributed by atoms with Crippen molar-refractivity contribution in [3.8, 4) is 6.07 Å². The van der Waals surface area contributed by atoms with Crippen molar-refractivity contribution in [3.63, 3.8) is 0 Å². The molecule has 2 rings (SSSR count). The molecule has 2 aromatic carbocycles. The number of anilines is 2. The van der Waals surface area contributed by atoms with Crippen molar-refractivity contribution in [3.05, 3.63) is 58.4 Å². The highest BCUT2D eigenvalue weighted by atomic mass is 35.5. The van der Waals surface area contributed by atoms with E-state index in [9.17, 15) is 9.18 Å². The summed E-state index contributed by atoms with van der Waals surface area (Å²) in [5, 5.41) is 11.6. The molecule has 3 N–H and O–H groups in total. The minimum atomic E-state index is -0.732. The number of rotatable bonds is 2. The van der Waals surface area contributed by atoms with Gasteiger partial charge in [0.1, 0.15) is 11.9 Å². The first-order valence-electron chi connectivity index (χ1n) is 5.57. The lowest BCUT2D eigenvalue weighted by Crippen LogP contribution is -2.14. The first-order valence-corrected chi connectivity index (χ1v) is 5.95. The first-order chi connectivity index (χ1) is 9.51. The Morgan fingerprint density at radius 2 is 2.05 bits per heavy atom. The molecule has 4 nitrogen and oxygen atoms in total. The van der Waals surface area contributed by atoms with Crippen molar-refractivity contribution in [1.82, 2.24) is 0 Å². The van der Waals surface area contributed by atoms with Crippen LogP contribution in [0.4, 0.5) is 15.8 Å². The third kappa shape index (κ3) is 2.87. The van der Waals surface area contributed by atoms with Crippen molar-refractivity contribution < 1.29 is 9.18 Å². The predicted octanol–water partition coefficient (Wildman–Crippen LogP) is 3.19. The lowest BCUT2D eigenvalue weighted by molar-refractivity contribution is 0.102. The summed E-state index contributed by atoms with van der Waals surface area (Å²) in [7, 11) is 0. The van der Waals surface area contributed by atoms with Crippen LogP contribution in [0.15, 0.2) is 36.4 Å². The fourth-order valence-corrected chi connectivity index (χ4v) is 1.79. The number of nitrogens with zero attached hydrogens (tertiary/aromatic N) is 1. The number of hydrogen-bond acceptors (Lipinski definition) is 3. The zero-order valence-corrected chi connectivity index (χ0v) is 10.9. The van der Waals surface area contributed by atoms with Crippen LogP contribution in [0.25, 0.3) is 0 Å². The van der Waals surface area contributed by atoms with Gasteiger partial charge in [0.05, 0.1) is 16.8 Å². The summed E-state index contributed by atoms with van der Waals surface area (Å²) in [6.45, 7) is 0. The number of hydrogen-bond donors (Lipinski definition) is 2. The van der Waals surface area contributed by atoms with E-state index >= 15 is 0 Å². The quantitative estimate of drug-likeness (QED) is 0.833. The molecule has 0 aromatic heterocycles. The number of carbonyl (C=O) groups is 1. The third-order valence-electron chi connectivity index (χ3n) is 2.59. The fraction of sp³-hybridized carbons (Fsp3) is 0. The Morgan fingerprint density at radius 3 is 2.70 bits per heavy atom. The Morgan fingerprint density at radius 1 is 1.30 bits per heavy atom. The second-order valence-electron chi connectivity index (χ2n) is 4.00. The SMILES string of the molecule is N#Cc1cc(N)ccc1NC(=O)c1ccc(Cl)cc1F. The molecule has 0 unspecified atom stereocenters. The molecule has 0 heterocycles. The Bertz CT molecular complexity index is 725. The van der Waals surface area contributed by atoms with Gasteiger partial charge in [-0.25, -0.2) is 4.39 Å². The van der Waals surface area contributed by atoms with Gasteiger partial charge in [0.15, 0.2) is 0 Å². The molecule has 0 aliphatic rings. The van der Waals surface area contributed by atoms with E-state index in [4.69, 9.17) is 22.6 Å². The molecule has 0 atom stereocenters. The van der Waals surface area contributed by atoms with E-state index in [1.54, 1.807) is 0 Å². The molecular formula is C14H9ClFN3O. The number of nitrogens with two attached hydrogens (primary N) is 1. The molecule has 0 bridgehead atoms. The van der Waals surface area contributed by atoms with Crippen LogP contribution in [0.1, 0.15) is 15.9 Å². The van der Waals surface area contributed by atoms with E-state index in [0.717, 1.165) is 6.07 Å². The lowest BCUT2D eigenvalue weighted by atomic mass is 10.1. The number of nitrogen functional groups attached to an aromatic ring is 1. The van der Waals surface area contributed by atoms with Crippen LogP contribution in [-0.2, 0) is 0 Å². The van der Waals surface area contributed by atoms with Crippen LogP contribution in [0.3, 0.4) is 0 Å². The van der Waals surface area contributed by atoms with Crippen molar-refractivity contribution in [2.24, 2.45) is 0 Å². The molecular weight excluding hydrogens is 281 g/mol. The number of halogens is 2. The van der Waals surface area contributed by atoms with Gasteiger partial charge < -0.3 is 11.1 Å². The zero-order chi connectivity index (χ0) is 14.7. The van der Waals surface area contributed by atoms with Crippen LogP contribution in [-0.4, -0.2) is 5.91 Å². The summed E-state index contributed by atoms with van der Waals surface area (Å²) < 4.78 is 13.6. The molecule has 20 heavy (non-hydrogen) atoms. The molecule has 0 radical (unpaired) electrons. The third-order valence-corrected chi connectivity index (χ3v) is 2.82. The Hall–Kier alpha value is -2.58. The predicted molar refractivity (Wildman–Crippen MR) is 74.9 cm³/mol. The second-order valence-corrected chi connectivity index (χ2v) is 4.43. The summed E-state index contributed by atoms with van der Waals surface area (Å²) >= 11 is 5.62. The van der Waals surface area contributed by atoms with Crippen LogP contribution >= 0.6 is 11.6 Å². The van der Waals surface area contributed by atoms with Crippen molar-refractivity contribution in [2.75, 3.05) is 11.1 Å². The molecule has 1 amide bonds. The maximum Gasteiger partial charge on any atom is 0.258 e. The van der Waals surface area contributed by atoms with E-state index in [1.165, 1.54) is 30.3 Å². The highest BCUT2D eigenvalue weighted by Gasteiger charge is 2.14. The standard InChI is InChI=1S/C14H9ClFN3O/c15-9-1-3-11(12(16)6-9)14(20)19-13-4-2-10(18)5-8(13)7-17/h1-6H,18H2,(H,19,20). The highest BCUT2D eigenvalue weighted by Crippen LogP contribution is 2.20. The lowest BCUT2D eigenvalue weighted by Gasteiger charge is -2.08. The summed E-state index contributed by atoms with van der Waals surface area (Å²) in [5.41, 5.74) is 6.26. The van der Waals surface area contributed by atoms with Gasteiger partial charge in [0.2, 0.25) is 0 Å². The minimum absolute atomic E-state index is 0.157. The summed E-state index contributed by atoms with van der Waals surface area (Å²) in [4.78, 5) is 12.0. The van der Waals surface area contributed by atoms with Gasteiger partial charge in [-0.3, -0.25) is 4.79 Å². The number of amides is 1. The molecule has 0 spiro atoms. The monoisotopic (exact) mass is 289 g/mol. The average Bonchev–Trinajstić information content (AvgIpc) is 2.40. The molecule has 0 saturated heterocycles. The van der Waals surface area contributed by atoms with Gasteiger partial charge in [-0.05, 0) is 36.4 Å². The van der Waals surface area contributed by atoms with E-state index in [0.29, 0.717) is 5.69 Å². The molecule has 6 heteroatoms. The van der Waals surface area contributed by atoms with E-state index in [1.807, 2.05) is 6.07 Å². The Labute approximate surface area is 119 Å². The van der Waals surface area contributed by atoms with Crippen LogP contribution in [0.5, 0.6) is 0 Å². The van der Waals surface area contributed by atoms with Crippen molar-refractivity contribution in [1.29, 1.82) is 5.26 Å². The van der Waals surface area contributed by atoms with Gasteiger partial charge in [-0.1, -0.05) is 11.6 Å². The minimum Gasteiger partial charge on any atom is -0.399 e. The van der Waals surface area contributed by atoms with Crippen molar-refractivity contribution in [2.45, 2.75) is 0 Å². The molecule has 0 aliphatic heterocycles. The smallest absolute Gasteiger partial charge is 0.258 e. The van der Waals surface area contributed by atoms with Crippen LogP contribution < -0.4 is 11.1 Å². The maximum absolute atomic E-state index is 13.6. The zero-order valence-electron chi connectivity index (χ0n) is 10.2. The van der Waals surface area contributed by atoms with Gasteiger partial charge in [-0.2, -0.15) is 5.26 Å². The Kier molecular flexibility index (Phi) is 3.87. The molecule has 0 aliphatic carbocycles. The number of carbonyl (C=O) groups excluding carboxylic acids is 1. The Balaban J connectivity index is 2.31. The maximum atomic E-state index is 13.6. The molecule has 0 saturated carbocycles. The summed E-state index contributed by atoms with van der Waals surface area (Å²) in [5.74, 6) is -1.40. The first kappa shape index (κ1) is 13.8. The fourth-order valence-electron chi connectivity index (χ4n) is 1.63. The topological polar surface area (TPSA) is 78.9 Å². The van der Waals surface area contributed by atoms with Gasteiger partial charge in [-0.15, -0.1) is 0 Å². The van der Waals surface area contributed by atoms with Gasteiger partial charge >= 0.3 is 0 Å². The summed E-state index contributed by atoms with van der Waals surface area (Å²) in [6.07, 6.45) is 0. The van der Waals surface area contributed by atoms with Crippen molar-refractivity contribution >= 4 is 28.9 Å². The van der Waals surface area contributed by atoms with E-state index < -0.39 is 11.7 Å². The van der Waals surface area contributed by atoms with E-state index in [2.05, 4.69) is 5.32 Å². The van der Waals surface area contributed by atoms with Crippen LogP contribution in [0.2, 0.25) is 5.02 Å².